The maximum absolute atomic E-state index is 14.5. The standard InChI is InChI=1S/C36H47F2NO6/c1-5-45-31(42)39(17-6-18-44-4)22-35(43)14-11-29-33(35,3)13-10-28-32(2)12-9-24(40)20-34(32)15-16-36(28,29)25(21-34)30(41)23-7-8-26(37)27(38)19-23/h7-8,15-16,19,21,24,28-29,40,43H,5-6,9-14,17-18,20,22H2,1-4H3. The van der Waals surface area contributed by atoms with Gasteiger partial charge in [-0.25, -0.2) is 13.6 Å². The Balaban J connectivity index is 1.44. The second-order valence-corrected chi connectivity index (χ2v) is 14.7. The highest BCUT2D eigenvalue weighted by Crippen LogP contribution is 2.78. The normalized spacial score (nSPS) is 39.5. The van der Waals surface area contributed by atoms with Gasteiger partial charge in [0.1, 0.15) is 0 Å². The summed E-state index contributed by atoms with van der Waals surface area (Å²) in [6, 6.07) is 3.32. The molecular weight excluding hydrogens is 580 g/mol. The average molecular weight is 628 g/mol. The van der Waals surface area contributed by atoms with Gasteiger partial charge in [-0.15, -0.1) is 0 Å². The van der Waals surface area contributed by atoms with Crippen molar-refractivity contribution in [2.45, 2.75) is 83.8 Å². The number of carbonyl (C=O) groups excluding carboxylic acids is 2. The molecule has 0 heterocycles. The zero-order valence-corrected chi connectivity index (χ0v) is 26.9. The first-order chi connectivity index (χ1) is 21.3. The van der Waals surface area contributed by atoms with Crippen LogP contribution in [0.25, 0.3) is 0 Å². The molecule has 2 N–H and O–H groups in total. The van der Waals surface area contributed by atoms with Crippen molar-refractivity contribution in [3.05, 3.63) is 59.2 Å². The Hall–Kier alpha value is -2.62. The number of fused-ring (bicyclic) bond motifs is 1. The van der Waals surface area contributed by atoms with E-state index in [-0.39, 0.29) is 41.7 Å². The van der Waals surface area contributed by atoms with Gasteiger partial charge in [0, 0.05) is 47.6 Å². The van der Waals surface area contributed by atoms with Crippen LogP contribution in [-0.2, 0) is 9.47 Å². The summed E-state index contributed by atoms with van der Waals surface area (Å²) >= 11 is 0. The molecule has 2 spiro atoms. The van der Waals surface area contributed by atoms with Crippen molar-refractivity contribution in [1.29, 1.82) is 0 Å². The fraction of sp³-hybridized carbons (Fsp3) is 0.667. The number of rotatable bonds is 9. The highest BCUT2D eigenvalue weighted by Gasteiger charge is 2.74. The topological polar surface area (TPSA) is 96.3 Å². The highest BCUT2D eigenvalue weighted by molar-refractivity contribution is 6.10. The Kier molecular flexibility index (Phi) is 8.09. The van der Waals surface area contributed by atoms with Crippen LogP contribution in [0, 0.1) is 45.1 Å². The van der Waals surface area contributed by atoms with Gasteiger partial charge in [-0.3, -0.25) is 4.79 Å². The van der Waals surface area contributed by atoms with E-state index in [2.05, 4.69) is 26.0 Å². The van der Waals surface area contributed by atoms with Crippen molar-refractivity contribution in [2.24, 2.45) is 33.5 Å². The van der Waals surface area contributed by atoms with Crippen LogP contribution >= 0.6 is 0 Å². The van der Waals surface area contributed by atoms with Crippen LogP contribution in [0.4, 0.5) is 13.6 Å². The predicted molar refractivity (Wildman–Crippen MR) is 164 cm³/mol. The van der Waals surface area contributed by atoms with E-state index in [0.717, 1.165) is 25.0 Å². The number of ether oxygens (including phenoxy) is 2. The second kappa shape index (κ2) is 11.3. The van der Waals surface area contributed by atoms with Gasteiger partial charge >= 0.3 is 6.09 Å². The van der Waals surface area contributed by atoms with E-state index >= 15 is 0 Å². The number of hydrogen-bond acceptors (Lipinski definition) is 6. The molecule has 45 heavy (non-hydrogen) atoms. The van der Waals surface area contributed by atoms with Gasteiger partial charge in [-0.1, -0.05) is 32.1 Å². The van der Waals surface area contributed by atoms with Crippen molar-refractivity contribution in [1.82, 2.24) is 4.90 Å². The van der Waals surface area contributed by atoms with Crippen molar-refractivity contribution in [3.63, 3.8) is 0 Å². The molecule has 0 aromatic heterocycles. The quantitative estimate of drug-likeness (QED) is 0.191. The lowest BCUT2D eigenvalue weighted by molar-refractivity contribution is -0.175. The molecule has 3 fully saturated rings. The minimum atomic E-state index is -1.24. The second-order valence-electron chi connectivity index (χ2n) is 14.7. The van der Waals surface area contributed by atoms with Gasteiger partial charge in [0.25, 0.3) is 0 Å². The third-order valence-corrected chi connectivity index (χ3v) is 12.9. The van der Waals surface area contributed by atoms with E-state index in [0.29, 0.717) is 57.2 Å². The third-order valence-electron chi connectivity index (χ3n) is 12.9. The molecule has 8 atom stereocenters. The molecule has 6 aliphatic rings. The lowest BCUT2D eigenvalue weighted by Crippen LogP contribution is -2.67. The molecular formula is C36H47F2NO6. The summed E-state index contributed by atoms with van der Waals surface area (Å²) in [6.45, 7) is 7.34. The van der Waals surface area contributed by atoms with Crippen LogP contribution in [0.2, 0.25) is 0 Å². The molecule has 3 saturated carbocycles. The maximum atomic E-state index is 14.5. The zero-order chi connectivity index (χ0) is 32.4. The van der Waals surface area contributed by atoms with Gasteiger partial charge in [0.05, 0.1) is 24.9 Å². The molecule has 6 aliphatic carbocycles. The number of aliphatic hydroxyl groups excluding tert-OH is 1. The van der Waals surface area contributed by atoms with Gasteiger partial charge in [0.15, 0.2) is 17.4 Å². The Labute approximate surface area is 264 Å². The largest absolute Gasteiger partial charge is 0.450 e. The predicted octanol–water partition coefficient (Wildman–Crippen LogP) is 6.23. The van der Waals surface area contributed by atoms with Crippen LogP contribution in [0.3, 0.4) is 0 Å². The molecule has 1 aromatic carbocycles. The Morgan fingerprint density at radius 2 is 1.73 bits per heavy atom. The smallest absolute Gasteiger partial charge is 0.409 e. The fourth-order valence-corrected chi connectivity index (χ4v) is 10.6. The van der Waals surface area contributed by atoms with E-state index < -0.39 is 45.7 Å². The van der Waals surface area contributed by atoms with Crippen LogP contribution in [0.15, 0.2) is 42.0 Å². The monoisotopic (exact) mass is 627 g/mol. The number of nitrogens with zero attached hydrogens (tertiary/aromatic N) is 1. The van der Waals surface area contributed by atoms with E-state index in [1.807, 2.05) is 6.08 Å². The van der Waals surface area contributed by atoms with Gasteiger partial charge in [-0.2, -0.15) is 0 Å². The summed E-state index contributed by atoms with van der Waals surface area (Å²) in [5.74, 6) is -2.50. The van der Waals surface area contributed by atoms with E-state index in [1.165, 1.54) is 6.07 Å². The molecule has 1 aromatic rings. The molecule has 7 rings (SSSR count). The SMILES string of the molecule is CCOC(=O)N(CCCOC)CC1(O)CCC2C34C=CC5(C=C3C(=O)c3ccc(F)c(F)c3)CC(O)CCC5(C)C4CCC21C. The van der Waals surface area contributed by atoms with Crippen molar-refractivity contribution in [2.75, 3.05) is 33.4 Å². The third kappa shape index (κ3) is 4.58. The first kappa shape index (κ1) is 32.3. The number of halogens is 2. The fourth-order valence-electron chi connectivity index (χ4n) is 10.6. The highest BCUT2D eigenvalue weighted by atomic mass is 19.2. The minimum Gasteiger partial charge on any atom is -0.450 e. The number of amides is 1. The summed E-state index contributed by atoms with van der Waals surface area (Å²) in [6.07, 6.45) is 10.6. The van der Waals surface area contributed by atoms with Gasteiger partial charge < -0.3 is 24.6 Å². The number of ketones is 1. The number of carbonyl (C=O) groups is 2. The van der Waals surface area contributed by atoms with Crippen molar-refractivity contribution < 1.29 is 38.1 Å². The maximum Gasteiger partial charge on any atom is 0.409 e. The molecule has 1 amide bonds. The lowest BCUT2D eigenvalue weighted by Gasteiger charge is -2.71. The minimum absolute atomic E-state index is 0.0556. The summed E-state index contributed by atoms with van der Waals surface area (Å²) in [5.41, 5.74) is -2.75. The molecule has 246 valence electrons. The number of hydrogen-bond donors (Lipinski definition) is 2. The van der Waals surface area contributed by atoms with Crippen LogP contribution in [0.5, 0.6) is 0 Å². The zero-order valence-electron chi connectivity index (χ0n) is 26.9. The molecule has 0 radical (unpaired) electrons. The first-order valence-corrected chi connectivity index (χ1v) is 16.6. The Bertz CT molecular complexity index is 1430. The summed E-state index contributed by atoms with van der Waals surface area (Å²) in [7, 11) is 1.61. The molecule has 7 nitrogen and oxygen atoms in total. The van der Waals surface area contributed by atoms with Crippen molar-refractivity contribution >= 4 is 11.9 Å². The summed E-state index contributed by atoms with van der Waals surface area (Å²) in [5, 5.41) is 23.5. The van der Waals surface area contributed by atoms with E-state index in [1.54, 1.807) is 18.9 Å². The molecule has 0 saturated heterocycles. The number of aliphatic hydroxyl groups is 2. The Morgan fingerprint density at radius 3 is 2.44 bits per heavy atom. The summed E-state index contributed by atoms with van der Waals surface area (Å²) in [4.78, 5) is 29.2. The van der Waals surface area contributed by atoms with E-state index in [9.17, 15) is 28.6 Å². The van der Waals surface area contributed by atoms with Crippen LogP contribution in [0.1, 0.15) is 82.5 Å². The number of Topliss-reactive ketones (excluding diaryl/α,β-unsaturated/α-hetero) is 1. The molecule has 0 aliphatic heterocycles. The molecule has 8 unspecified atom stereocenters. The first-order valence-electron chi connectivity index (χ1n) is 16.6. The van der Waals surface area contributed by atoms with E-state index in [4.69, 9.17) is 9.47 Å². The number of methoxy groups -OCH3 is 1. The van der Waals surface area contributed by atoms with Crippen molar-refractivity contribution in [3.8, 4) is 0 Å². The van der Waals surface area contributed by atoms with Gasteiger partial charge in [-0.05, 0) is 93.7 Å². The average Bonchev–Trinajstić information content (AvgIpc) is 3.28. The number of allylic oxidation sites excluding steroid dienone is 4. The van der Waals surface area contributed by atoms with Gasteiger partial charge in [0.2, 0.25) is 0 Å². The number of benzene rings is 1. The molecule has 9 heteroatoms. The van der Waals surface area contributed by atoms with Crippen LogP contribution in [-0.4, -0.2) is 72.1 Å². The summed E-state index contributed by atoms with van der Waals surface area (Å²) < 4.78 is 39.0. The Morgan fingerprint density at radius 1 is 1.02 bits per heavy atom. The molecule has 2 bridgehead atoms. The lowest BCUT2D eigenvalue weighted by atomic mass is 9.32. The van der Waals surface area contributed by atoms with Crippen LogP contribution < -0.4 is 0 Å².